The van der Waals surface area contributed by atoms with E-state index < -0.39 is 0 Å². The third-order valence-corrected chi connectivity index (χ3v) is 2.09. The minimum absolute atomic E-state index is 0.150. The van der Waals surface area contributed by atoms with E-state index in [1.54, 1.807) is 0 Å². The van der Waals surface area contributed by atoms with Crippen molar-refractivity contribution in [1.82, 2.24) is 5.32 Å². The molecule has 1 N–H and O–H groups in total. The molecule has 0 saturated carbocycles. The Morgan fingerprint density at radius 2 is 2.43 bits per heavy atom. The van der Waals surface area contributed by atoms with Gasteiger partial charge in [0.15, 0.2) is 0 Å². The predicted molar refractivity (Wildman–Crippen MR) is 31.1 cm³/mol. The van der Waals surface area contributed by atoms with Crippen LogP contribution in [-0.2, 0) is 4.79 Å². The topological polar surface area (TPSA) is 29.1 Å². The van der Waals surface area contributed by atoms with E-state index in [1.165, 1.54) is 0 Å². The van der Waals surface area contributed by atoms with Gasteiger partial charge in [-0.05, 0) is 6.92 Å². The van der Waals surface area contributed by atoms with Crippen molar-refractivity contribution in [1.29, 1.82) is 0 Å². The fourth-order valence-corrected chi connectivity index (χ4v) is 0.734. The third-order valence-electron chi connectivity index (χ3n) is 1.21. The lowest BCUT2D eigenvalue weighted by Crippen LogP contribution is -2.57. The molecule has 0 aromatic heterocycles. The number of nitrogens with one attached hydrogen (secondary N) is 1. The lowest BCUT2D eigenvalue weighted by atomic mass is 10.1. The highest BCUT2D eigenvalue weighted by atomic mass is 31.0. The van der Waals surface area contributed by atoms with E-state index in [-0.39, 0.29) is 11.6 Å². The summed E-state index contributed by atoms with van der Waals surface area (Å²) in [7, 11) is 2.49. The quantitative estimate of drug-likeness (QED) is 0.344. The second kappa shape index (κ2) is 1.45. The standard InChI is InChI=1S/C4H8NOP/c1-2-3(7)4(6)5-2/h2-3H,7H2,1H3,(H,5,6)/t2-,3?/m1/s1. The second-order valence-corrected chi connectivity index (χ2v) is 2.54. The van der Waals surface area contributed by atoms with Gasteiger partial charge in [0, 0.05) is 6.04 Å². The van der Waals surface area contributed by atoms with Gasteiger partial charge in [0.2, 0.25) is 5.91 Å². The summed E-state index contributed by atoms with van der Waals surface area (Å²) in [6.07, 6.45) is 0. The lowest BCUT2D eigenvalue weighted by molar-refractivity contribution is -0.126. The molecule has 3 atom stereocenters. The molecule has 1 heterocycles. The van der Waals surface area contributed by atoms with Crippen molar-refractivity contribution in [2.45, 2.75) is 18.6 Å². The van der Waals surface area contributed by atoms with Crippen molar-refractivity contribution in [3.63, 3.8) is 0 Å². The van der Waals surface area contributed by atoms with Gasteiger partial charge < -0.3 is 5.32 Å². The van der Waals surface area contributed by atoms with Crippen LogP contribution in [0.25, 0.3) is 0 Å². The summed E-state index contributed by atoms with van der Waals surface area (Å²) in [5, 5.41) is 2.70. The molecule has 1 rings (SSSR count). The van der Waals surface area contributed by atoms with Gasteiger partial charge in [-0.1, -0.05) is 0 Å². The maximum absolute atomic E-state index is 10.3. The minimum Gasteiger partial charge on any atom is -0.352 e. The van der Waals surface area contributed by atoms with Crippen LogP contribution in [0.5, 0.6) is 0 Å². The number of amides is 1. The molecule has 0 radical (unpaired) electrons. The van der Waals surface area contributed by atoms with Crippen molar-refractivity contribution in [3.05, 3.63) is 0 Å². The van der Waals surface area contributed by atoms with Gasteiger partial charge in [-0.2, -0.15) is 0 Å². The number of hydrogen-bond donors (Lipinski definition) is 1. The molecule has 0 aromatic carbocycles. The van der Waals surface area contributed by atoms with E-state index in [4.69, 9.17) is 0 Å². The fraction of sp³-hybridized carbons (Fsp3) is 0.750. The molecule has 2 nitrogen and oxygen atoms in total. The molecule has 0 spiro atoms. The van der Waals surface area contributed by atoms with E-state index in [9.17, 15) is 4.79 Å². The molecule has 2 unspecified atom stereocenters. The molecule has 3 heteroatoms. The molecule has 7 heavy (non-hydrogen) atoms. The molecular weight excluding hydrogens is 109 g/mol. The molecule has 1 fully saturated rings. The Labute approximate surface area is 44.9 Å². The second-order valence-electron chi connectivity index (χ2n) is 1.82. The molecule has 1 aliphatic rings. The van der Waals surface area contributed by atoms with Crippen LogP contribution in [0, 0.1) is 0 Å². The number of carbonyl (C=O) groups is 1. The Bertz CT molecular complexity index is 104. The molecule has 1 aliphatic heterocycles. The largest absolute Gasteiger partial charge is 0.352 e. The average Bonchev–Trinajstić information content (AvgIpc) is 1.68. The van der Waals surface area contributed by atoms with Gasteiger partial charge in [0.25, 0.3) is 0 Å². The van der Waals surface area contributed by atoms with Crippen molar-refractivity contribution < 1.29 is 4.79 Å². The molecule has 0 aliphatic carbocycles. The fourth-order valence-electron chi connectivity index (χ4n) is 0.541. The van der Waals surface area contributed by atoms with Crippen LogP contribution in [-0.4, -0.2) is 17.6 Å². The number of hydrogen-bond acceptors (Lipinski definition) is 1. The number of carbonyl (C=O) groups excluding carboxylic acids is 1. The Balaban J connectivity index is 2.43. The van der Waals surface area contributed by atoms with Crippen LogP contribution in [0.3, 0.4) is 0 Å². The number of rotatable bonds is 0. The van der Waals surface area contributed by atoms with Crippen LogP contribution in [0.4, 0.5) is 0 Å². The lowest BCUT2D eigenvalue weighted by Gasteiger charge is -2.30. The third kappa shape index (κ3) is 0.634. The molecular formula is C4H8NOP. The van der Waals surface area contributed by atoms with Crippen molar-refractivity contribution >= 4 is 15.1 Å². The number of β-lactam (4-membered cyclic amide) rings is 1. The Morgan fingerprint density at radius 1 is 1.86 bits per heavy atom. The van der Waals surface area contributed by atoms with Gasteiger partial charge in [0.05, 0.1) is 5.66 Å². The molecule has 40 valence electrons. The van der Waals surface area contributed by atoms with Crippen LogP contribution in [0.1, 0.15) is 6.92 Å². The highest BCUT2D eigenvalue weighted by Crippen LogP contribution is 2.13. The maximum atomic E-state index is 10.3. The van der Waals surface area contributed by atoms with Crippen molar-refractivity contribution in [2.24, 2.45) is 0 Å². The van der Waals surface area contributed by atoms with E-state index in [2.05, 4.69) is 14.6 Å². The Kier molecular flexibility index (Phi) is 1.04. The summed E-state index contributed by atoms with van der Waals surface area (Å²) >= 11 is 0. The minimum atomic E-state index is 0.150. The first kappa shape index (κ1) is 5.04. The van der Waals surface area contributed by atoms with Crippen LogP contribution in [0.15, 0.2) is 0 Å². The summed E-state index contributed by atoms with van der Waals surface area (Å²) < 4.78 is 0. The summed E-state index contributed by atoms with van der Waals surface area (Å²) in [5.41, 5.74) is 0.167. The summed E-state index contributed by atoms with van der Waals surface area (Å²) in [4.78, 5) is 10.3. The van der Waals surface area contributed by atoms with Gasteiger partial charge in [-0.15, -0.1) is 9.24 Å². The van der Waals surface area contributed by atoms with Gasteiger partial charge in [0.1, 0.15) is 0 Å². The van der Waals surface area contributed by atoms with E-state index >= 15 is 0 Å². The van der Waals surface area contributed by atoms with Crippen LogP contribution >= 0.6 is 9.24 Å². The average molecular weight is 117 g/mol. The zero-order valence-electron chi connectivity index (χ0n) is 4.14. The Hall–Kier alpha value is -0.100. The first-order valence-corrected chi connectivity index (χ1v) is 2.94. The summed E-state index contributed by atoms with van der Waals surface area (Å²) in [5.74, 6) is 0.150. The SMILES string of the molecule is C[C@H]1NC(=O)C1P. The zero-order chi connectivity index (χ0) is 5.44. The molecule has 0 aromatic rings. The molecule has 0 bridgehead atoms. The normalized spacial score (nSPS) is 39.4. The predicted octanol–water partition coefficient (Wildman–Crippen LogP) is -0.252. The summed E-state index contributed by atoms with van der Waals surface area (Å²) in [6, 6.07) is 0.373. The first-order valence-electron chi connectivity index (χ1n) is 2.28. The van der Waals surface area contributed by atoms with E-state index in [1.807, 2.05) is 6.92 Å². The van der Waals surface area contributed by atoms with Crippen LogP contribution < -0.4 is 5.32 Å². The first-order chi connectivity index (χ1) is 3.22. The monoisotopic (exact) mass is 117 g/mol. The highest BCUT2D eigenvalue weighted by molar-refractivity contribution is 7.20. The van der Waals surface area contributed by atoms with E-state index in [0.717, 1.165) is 0 Å². The van der Waals surface area contributed by atoms with Crippen LogP contribution in [0.2, 0.25) is 0 Å². The van der Waals surface area contributed by atoms with E-state index in [0.29, 0.717) is 6.04 Å². The zero-order valence-corrected chi connectivity index (χ0v) is 5.29. The Morgan fingerprint density at radius 3 is 2.43 bits per heavy atom. The smallest absolute Gasteiger partial charge is 0.229 e. The maximum Gasteiger partial charge on any atom is 0.229 e. The molecule has 1 saturated heterocycles. The van der Waals surface area contributed by atoms with Gasteiger partial charge in [-0.25, -0.2) is 0 Å². The highest BCUT2D eigenvalue weighted by Gasteiger charge is 2.30. The summed E-state index contributed by atoms with van der Waals surface area (Å²) in [6.45, 7) is 1.99. The van der Waals surface area contributed by atoms with Gasteiger partial charge >= 0.3 is 0 Å². The van der Waals surface area contributed by atoms with Crippen molar-refractivity contribution in [3.8, 4) is 0 Å². The molecule has 1 amide bonds. The van der Waals surface area contributed by atoms with Crippen molar-refractivity contribution in [2.75, 3.05) is 0 Å². The van der Waals surface area contributed by atoms with Gasteiger partial charge in [-0.3, -0.25) is 4.79 Å².